The summed E-state index contributed by atoms with van der Waals surface area (Å²) in [6.45, 7) is 0. The van der Waals surface area contributed by atoms with Crippen molar-refractivity contribution < 1.29 is 18.7 Å². The first-order valence-corrected chi connectivity index (χ1v) is 4.26. The van der Waals surface area contributed by atoms with Gasteiger partial charge in [0.25, 0.3) is 5.92 Å². The second-order valence-corrected chi connectivity index (χ2v) is 3.34. The number of carbonyl (C=O) groups is 1. The van der Waals surface area contributed by atoms with Gasteiger partial charge in [-0.3, -0.25) is 0 Å². The molecule has 0 unspecified atom stereocenters. The van der Waals surface area contributed by atoms with Gasteiger partial charge < -0.3 is 5.11 Å². The average Bonchev–Trinajstić information content (AvgIpc) is 2.42. The molecular formula is C10H8F2O2. The molecule has 0 aromatic heterocycles. The Bertz CT molecular complexity index is 399. The molecule has 0 radical (unpaired) electrons. The van der Waals surface area contributed by atoms with Crippen LogP contribution in [0.4, 0.5) is 8.78 Å². The van der Waals surface area contributed by atoms with Crippen LogP contribution in [0.15, 0.2) is 18.2 Å². The van der Waals surface area contributed by atoms with Crippen LogP contribution in [0.25, 0.3) is 0 Å². The molecule has 1 aliphatic carbocycles. The Morgan fingerprint density at radius 1 is 1.43 bits per heavy atom. The molecule has 14 heavy (non-hydrogen) atoms. The van der Waals surface area contributed by atoms with Gasteiger partial charge in [0.1, 0.15) is 0 Å². The quantitative estimate of drug-likeness (QED) is 0.752. The lowest BCUT2D eigenvalue weighted by Gasteiger charge is -2.09. The summed E-state index contributed by atoms with van der Waals surface area (Å²) >= 11 is 0. The van der Waals surface area contributed by atoms with Crippen LogP contribution in [-0.4, -0.2) is 11.1 Å². The molecule has 1 aliphatic rings. The van der Waals surface area contributed by atoms with Crippen LogP contribution in [0.3, 0.4) is 0 Å². The van der Waals surface area contributed by atoms with Crippen LogP contribution in [0.5, 0.6) is 0 Å². The third-order valence-corrected chi connectivity index (χ3v) is 2.49. The highest BCUT2D eigenvalue weighted by Crippen LogP contribution is 2.42. The standard InChI is InChI=1S/C10H8F2O2/c11-10(12)5-4-6-7(9(13)14)2-1-3-8(6)10/h1-3H,4-5H2,(H,13,14). The summed E-state index contributed by atoms with van der Waals surface area (Å²) in [5, 5.41) is 8.77. The summed E-state index contributed by atoms with van der Waals surface area (Å²) in [5.41, 5.74) is 0.155. The van der Waals surface area contributed by atoms with Crippen molar-refractivity contribution in [3.63, 3.8) is 0 Å². The van der Waals surface area contributed by atoms with Crippen molar-refractivity contribution in [2.45, 2.75) is 18.8 Å². The maximum atomic E-state index is 13.2. The number of rotatable bonds is 1. The highest BCUT2D eigenvalue weighted by Gasteiger charge is 2.40. The van der Waals surface area contributed by atoms with Crippen molar-refractivity contribution in [2.75, 3.05) is 0 Å². The maximum absolute atomic E-state index is 13.2. The van der Waals surface area contributed by atoms with Crippen LogP contribution in [0.2, 0.25) is 0 Å². The molecule has 0 saturated carbocycles. The van der Waals surface area contributed by atoms with Gasteiger partial charge in [0, 0.05) is 12.0 Å². The lowest BCUT2D eigenvalue weighted by Crippen LogP contribution is -2.08. The summed E-state index contributed by atoms with van der Waals surface area (Å²) in [6, 6.07) is 4.03. The SMILES string of the molecule is O=C(O)c1cccc2c1CCC2(F)F. The molecule has 2 rings (SSSR count). The number of carboxylic acids is 1. The third kappa shape index (κ3) is 1.18. The molecule has 0 atom stereocenters. The predicted molar refractivity (Wildman–Crippen MR) is 45.6 cm³/mol. The molecule has 1 aromatic carbocycles. The summed E-state index contributed by atoms with van der Waals surface area (Å²) in [4.78, 5) is 10.7. The number of alkyl halides is 2. The number of benzene rings is 1. The Morgan fingerprint density at radius 3 is 2.79 bits per heavy atom. The normalized spacial score (nSPS) is 17.9. The zero-order valence-electron chi connectivity index (χ0n) is 7.26. The van der Waals surface area contributed by atoms with Gasteiger partial charge in [-0.05, 0) is 18.1 Å². The molecule has 0 aliphatic heterocycles. The predicted octanol–water partition coefficient (Wildman–Crippen LogP) is 2.42. The number of aromatic carboxylic acids is 1. The van der Waals surface area contributed by atoms with E-state index in [1.165, 1.54) is 18.2 Å². The van der Waals surface area contributed by atoms with Crippen molar-refractivity contribution in [2.24, 2.45) is 0 Å². The fourth-order valence-electron chi connectivity index (χ4n) is 1.82. The van der Waals surface area contributed by atoms with Crippen LogP contribution in [0, 0.1) is 0 Å². The molecule has 1 N–H and O–H groups in total. The third-order valence-electron chi connectivity index (χ3n) is 2.49. The smallest absolute Gasteiger partial charge is 0.335 e. The molecule has 1 aromatic rings. The first-order chi connectivity index (χ1) is 6.52. The van der Waals surface area contributed by atoms with E-state index in [9.17, 15) is 13.6 Å². The van der Waals surface area contributed by atoms with E-state index in [0.29, 0.717) is 0 Å². The molecule has 4 heteroatoms. The summed E-state index contributed by atoms with van der Waals surface area (Å²) < 4.78 is 26.4. The van der Waals surface area contributed by atoms with Gasteiger partial charge in [0.2, 0.25) is 0 Å². The Hall–Kier alpha value is -1.45. The topological polar surface area (TPSA) is 37.3 Å². The van der Waals surface area contributed by atoms with E-state index in [1.807, 2.05) is 0 Å². The van der Waals surface area contributed by atoms with E-state index in [2.05, 4.69) is 0 Å². The average molecular weight is 198 g/mol. The van der Waals surface area contributed by atoms with E-state index in [1.54, 1.807) is 0 Å². The van der Waals surface area contributed by atoms with Crippen LogP contribution < -0.4 is 0 Å². The first-order valence-electron chi connectivity index (χ1n) is 4.26. The lowest BCUT2D eigenvalue weighted by atomic mass is 10.0. The van der Waals surface area contributed by atoms with Crippen molar-refractivity contribution in [3.05, 3.63) is 34.9 Å². The van der Waals surface area contributed by atoms with E-state index in [-0.39, 0.29) is 29.5 Å². The number of carboxylic acid groups (broad SMARTS) is 1. The zero-order valence-corrected chi connectivity index (χ0v) is 7.26. The fraction of sp³-hybridized carbons (Fsp3) is 0.300. The van der Waals surface area contributed by atoms with Gasteiger partial charge in [-0.15, -0.1) is 0 Å². The van der Waals surface area contributed by atoms with Gasteiger partial charge in [-0.1, -0.05) is 12.1 Å². The molecule has 0 heterocycles. The Morgan fingerprint density at radius 2 is 2.14 bits per heavy atom. The molecule has 0 fully saturated rings. The molecular weight excluding hydrogens is 190 g/mol. The molecule has 0 bridgehead atoms. The number of hydrogen-bond acceptors (Lipinski definition) is 1. The molecule has 2 nitrogen and oxygen atoms in total. The lowest BCUT2D eigenvalue weighted by molar-refractivity contribution is -0.00183. The second kappa shape index (κ2) is 2.77. The maximum Gasteiger partial charge on any atom is 0.335 e. The van der Waals surface area contributed by atoms with Gasteiger partial charge in [0.15, 0.2) is 0 Å². The van der Waals surface area contributed by atoms with Crippen LogP contribution >= 0.6 is 0 Å². The van der Waals surface area contributed by atoms with Crippen molar-refractivity contribution in [1.82, 2.24) is 0 Å². The van der Waals surface area contributed by atoms with Gasteiger partial charge >= 0.3 is 5.97 Å². The number of hydrogen-bond donors (Lipinski definition) is 1. The van der Waals surface area contributed by atoms with E-state index < -0.39 is 11.9 Å². The minimum absolute atomic E-state index is 0.000301. The van der Waals surface area contributed by atoms with Crippen molar-refractivity contribution >= 4 is 5.97 Å². The summed E-state index contributed by atoms with van der Waals surface area (Å²) in [6.07, 6.45) is -0.141. The van der Waals surface area contributed by atoms with Crippen molar-refractivity contribution in [3.8, 4) is 0 Å². The molecule has 0 saturated heterocycles. The highest BCUT2D eigenvalue weighted by atomic mass is 19.3. The minimum Gasteiger partial charge on any atom is -0.478 e. The molecule has 0 spiro atoms. The van der Waals surface area contributed by atoms with Gasteiger partial charge in [0.05, 0.1) is 5.56 Å². The van der Waals surface area contributed by atoms with E-state index in [0.717, 1.165) is 0 Å². The molecule has 0 amide bonds. The van der Waals surface area contributed by atoms with Crippen LogP contribution in [-0.2, 0) is 12.3 Å². The van der Waals surface area contributed by atoms with Crippen LogP contribution in [0.1, 0.15) is 27.9 Å². The largest absolute Gasteiger partial charge is 0.478 e. The summed E-state index contributed by atoms with van der Waals surface area (Å²) in [7, 11) is 0. The fourth-order valence-corrected chi connectivity index (χ4v) is 1.82. The minimum atomic E-state index is -2.86. The monoisotopic (exact) mass is 198 g/mol. The van der Waals surface area contributed by atoms with Gasteiger partial charge in [-0.2, -0.15) is 0 Å². The second-order valence-electron chi connectivity index (χ2n) is 3.34. The summed E-state index contributed by atoms with van der Waals surface area (Å²) in [5.74, 6) is -4.00. The van der Waals surface area contributed by atoms with E-state index >= 15 is 0 Å². The Kier molecular flexibility index (Phi) is 1.80. The first kappa shape index (κ1) is 9.12. The number of fused-ring (bicyclic) bond motifs is 1. The molecule has 74 valence electrons. The Balaban J connectivity index is 2.61. The highest BCUT2D eigenvalue weighted by molar-refractivity contribution is 5.90. The van der Waals surface area contributed by atoms with Crippen molar-refractivity contribution in [1.29, 1.82) is 0 Å². The Labute approximate surface area is 79.2 Å². The zero-order chi connectivity index (χ0) is 10.3. The van der Waals surface area contributed by atoms with E-state index in [4.69, 9.17) is 5.11 Å². The van der Waals surface area contributed by atoms with Gasteiger partial charge in [-0.25, -0.2) is 13.6 Å². The number of halogens is 2.